The quantitative estimate of drug-likeness (QED) is 0.367. The fourth-order valence-electron chi connectivity index (χ4n) is 6.92. The van der Waals surface area contributed by atoms with Crippen LogP contribution in [-0.2, 0) is 22.5 Å². The molecule has 2 heterocycles. The van der Waals surface area contributed by atoms with Crippen molar-refractivity contribution >= 4 is 17.5 Å². The Bertz CT molecular complexity index is 1410. The van der Waals surface area contributed by atoms with Gasteiger partial charge >= 0.3 is 0 Å². The van der Waals surface area contributed by atoms with E-state index in [2.05, 4.69) is 66.5 Å². The summed E-state index contributed by atoms with van der Waals surface area (Å²) in [6, 6.07) is 24.1. The zero-order valence-corrected chi connectivity index (χ0v) is 24.9. The van der Waals surface area contributed by atoms with Gasteiger partial charge in [-0.3, -0.25) is 9.59 Å². The van der Waals surface area contributed by atoms with Gasteiger partial charge < -0.3 is 19.9 Å². The molecule has 1 saturated heterocycles. The molecule has 2 atom stereocenters. The minimum atomic E-state index is -0.573. The van der Waals surface area contributed by atoms with E-state index < -0.39 is 6.04 Å². The topological polar surface area (TPSA) is 61.9 Å². The third kappa shape index (κ3) is 6.10. The van der Waals surface area contributed by atoms with Crippen LogP contribution in [0.25, 0.3) is 0 Å². The summed E-state index contributed by atoms with van der Waals surface area (Å²) in [7, 11) is 0. The van der Waals surface area contributed by atoms with Gasteiger partial charge in [0.2, 0.25) is 5.91 Å². The van der Waals surface area contributed by atoms with E-state index in [-0.39, 0.29) is 17.9 Å². The smallest absolute Gasteiger partial charge is 0.254 e. The van der Waals surface area contributed by atoms with Gasteiger partial charge in [0.1, 0.15) is 6.04 Å². The molecule has 2 amide bonds. The van der Waals surface area contributed by atoms with E-state index in [0.717, 1.165) is 42.7 Å². The first-order valence-electron chi connectivity index (χ1n) is 15.7. The Morgan fingerprint density at radius 3 is 2.33 bits per heavy atom. The molecule has 6 rings (SSSR count). The van der Waals surface area contributed by atoms with Gasteiger partial charge in [-0.15, -0.1) is 0 Å². The maximum atomic E-state index is 14.3. The van der Waals surface area contributed by atoms with Gasteiger partial charge in [0.05, 0.1) is 19.3 Å². The molecule has 0 radical (unpaired) electrons. The predicted octanol–water partition coefficient (Wildman–Crippen LogP) is 6.26. The molecule has 6 heteroatoms. The summed E-state index contributed by atoms with van der Waals surface area (Å²) in [5, 5.41) is 3.49. The lowest BCUT2D eigenvalue weighted by Gasteiger charge is -2.38. The van der Waals surface area contributed by atoms with Crippen LogP contribution >= 0.6 is 0 Å². The zero-order chi connectivity index (χ0) is 29.1. The molecular weight excluding hydrogens is 522 g/mol. The highest BCUT2D eigenvalue weighted by Gasteiger charge is 2.37. The number of amides is 2. The van der Waals surface area contributed by atoms with Crippen molar-refractivity contribution in [2.24, 2.45) is 5.92 Å². The van der Waals surface area contributed by atoms with Crippen molar-refractivity contribution in [2.75, 3.05) is 31.2 Å². The molecule has 3 aromatic carbocycles. The number of hydrogen-bond donors (Lipinski definition) is 1. The minimum absolute atomic E-state index is 0.0579. The van der Waals surface area contributed by atoms with Crippen LogP contribution < -0.4 is 10.2 Å². The van der Waals surface area contributed by atoms with Crippen LogP contribution in [0.4, 0.5) is 5.69 Å². The second-order valence-electron chi connectivity index (χ2n) is 12.4. The second kappa shape index (κ2) is 12.7. The van der Waals surface area contributed by atoms with E-state index in [0.29, 0.717) is 43.6 Å². The van der Waals surface area contributed by atoms with E-state index in [4.69, 9.17) is 4.74 Å². The molecular formula is C36H43N3O3. The van der Waals surface area contributed by atoms with Crippen LogP contribution in [0.3, 0.4) is 0 Å². The lowest BCUT2D eigenvalue weighted by atomic mass is 9.88. The summed E-state index contributed by atoms with van der Waals surface area (Å²) >= 11 is 0. The summed E-state index contributed by atoms with van der Waals surface area (Å²) in [5.74, 6) is 0.663. The summed E-state index contributed by atoms with van der Waals surface area (Å²) in [4.78, 5) is 32.5. The summed E-state index contributed by atoms with van der Waals surface area (Å²) in [6.07, 6.45) is 5.13. The van der Waals surface area contributed by atoms with E-state index >= 15 is 0 Å². The number of carbonyl (C=O) groups is 2. The molecule has 3 aromatic rings. The van der Waals surface area contributed by atoms with Gasteiger partial charge in [0, 0.05) is 37.3 Å². The average molecular weight is 566 g/mol. The molecule has 1 saturated carbocycles. The van der Waals surface area contributed by atoms with E-state index in [1.807, 2.05) is 30.3 Å². The number of ether oxygens (including phenoxy) is 1. The van der Waals surface area contributed by atoms with Crippen molar-refractivity contribution in [1.82, 2.24) is 10.2 Å². The molecule has 6 nitrogen and oxygen atoms in total. The molecule has 1 aliphatic carbocycles. The number of hydrogen-bond acceptors (Lipinski definition) is 4. The average Bonchev–Trinajstić information content (AvgIpc) is 3.58. The maximum Gasteiger partial charge on any atom is 0.254 e. The van der Waals surface area contributed by atoms with Crippen LogP contribution in [0.5, 0.6) is 0 Å². The minimum Gasteiger partial charge on any atom is -0.378 e. The van der Waals surface area contributed by atoms with Crippen molar-refractivity contribution in [1.29, 1.82) is 0 Å². The molecule has 3 aliphatic rings. The summed E-state index contributed by atoms with van der Waals surface area (Å²) in [6.45, 7) is 7.82. The number of anilines is 1. The lowest BCUT2D eigenvalue weighted by Crippen LogP contribution is -2.53. The molecule has 0 spiro atoms. The first-order chi connectivity index (χ1) is 20.5. The van der Waals surface area contributed by atoms with Crippen LogP contribution in [0, 0.1) is 5.92 Å². The Kier molecular flexibility index (Phi) is 8.61. The van der Waals surface area contributed by atoms with Crippen molar-refractivity contribution in [3.63, 3.8) is 0 Å². The predicted molar refractivity (Wildman–Crippen MR) is 167 cm³/mol. The first-order valence-corrected chi connectivity index (χ1v) is 15.7. The molecule has 42 heavy (non-hydrogen) atoms. The summed E-state index contributed by atoms with van der Waals surface area (Å²) in [5.41, 5.74) is 6.35. The Labute approximate surface area is 250 Å². The van der Waals surface area contributed by atoms with Crippen molar-refractivity contribution in [3.8, 4) is 0 Å². The Balaban J connectivity index is 1.30. The van der Waals surface area contributed by atoms with Crippen LogP contribution in [-0.4, -0.2) is 49.1 Å². The van der Waals surface area contributed by atoms with Crippen molar-refractivity contribution in [2.45, 2.75) is 70.5 Å². The van der Waals surface area contributed by atoms with Gasteiger partial charge in [-0.25, -0.2) is 0 Å². The van der Waals surface area contributed by atoms with Crippen molar-refractivity contribution < 1.29 is 14.3 Å². The largest absolute Gasteiger partial charge is 0.378 e. The monoisotopic (exact) mass is 565 g/mol. The number of nitrogens with one attached hydrogen (secondary N) is 1. The Morgan fingerprint density at radius 2 is 1.57 bits per heavy atom. The van der Waals surface area contributed by atoms with E-state index in [1.165, 1.54) is 24.0 Å². The number of fused-ring (bicyclic) bond motifs is 1. The normalized spacial score (nSPS) is 19.9. The molecule has 0 aromatic heterocycles. The highest BCUT2D eigenvalue weighted by molar-refractivity contribution is 5.98. The third-order valence-electron chi connectivity index (χ3n) is 9.39. The highest BCUT2D eigenvalue weighted by atomic mass is 16.5. The molecule has 1 N–H and O–H groups in total. The lowest BCUT2D eigenvalue weighted by molar-refractivity contribution is -0.127. The van der Waals surface area contributed by atoms with Crippen molar-refractivity contribution in [3.05, 3.63) is 101 Å². The third-order valence-corrected chi connectivity index (χ3v) is 9.39. The Morgan fingerprint density at radius 1 is 0.857 bits per heavy atom. The summed E-state index contributed by atoms with van der Waals surface area (Å²) < 4.78 is 5.52. The van der Waals surface area contributed by atoms with Gasteiger partial charge in [0.15, 0.2) is 0 Å². The molecule has 2 aliphatic heterocycles. The first kappa shape index (κ1) is 28.5. The number of carbonyl (C=O) groups excluding carboxylic acids is 2. The SMILES string of the molecule is CC(C)c1cccc(C(NC(=O)[C@H]2Cc3ccccc3CN2C(=O)c2cccc(N3CCOCC3)c2)C2CCCC2)c1. The fraction of sp³-hybridized carbons (Fsp3) is 0.444. The molecule has 220 valence electrons. The zero-order valence-electron chi connectivity index (χ0n) is 24.9. The van der Waals surface area contributed by atoms with E-state index in [9.17, 15) is 9.59 Å². The Hall–Kier alpha value is -3.64. The number of rotatable bonds is 7. The maximum absolute atomic E-state index is 14.3. The molecule has 0 bridgehead atoms. The van der Waals surface area contributed by atoms with Gasteiger partial charge in [0.25, 0.3) is 5.91 Å². The number of morpholine rings is 1. The molecule has 1 unspecified atom stereocenters. The van der Waals surface area contributed by atoms with Gasteiger partial charge in [-0.1, -0.05) is 81.3 Å². The number of nitrogens with zero attached hydrogens (tertiary/aromatic N) is 2. The van der Waals surface area contributed by atoms with Crippen LogP contribution in [0.15, 0.2) is 72.8 Å². The number of benzene rings is 3. The van der Waals surface area contributed by atoms with Gasteiger partial charge in [-0.05, 0) is 65.1 Å². The van der Waals surface area contributed by atoms with Crippen LogP contribution in [0.1, 0.15) is 84.1 Å². The van der Waals surface area contributed by atoms with Crippen LogP contribution in [0.2, 0.25) is 0 Å². The van der Waals surface area contributed by atoms with E-state index in [1.54, 1.807) is 4.90 Å². The highest BCUT2D eigenvalue weighted by Crippen LogP contribution is 2.37. The molecule has 2 fully saturated rings. The standard InChI is InChI=1S/C36H43N3O3/c1-25(2)27-13-7-14-29(21-27)34(26-9-3-4-10-26)37-35(40)33-23-28-11-5-6-12-31(28)24-39(33)36(41)30-15-8-16-32(22-30)38-17-19-42-20-18-38/h5-8,11-16,21-22,25-26,33-34H,3-4,9-10,17-20,23-24H2,1-2H3,(H,37,40)/t33-,34?/m1/s1. The second-order valence-corrected chi connectivity index (χ2v) is 12.4. The fourth-order valence-corrected chi connectivity index (χ4v) is 6.92. The van der Waals surface area contributed by atoms with Gasteiger partial charge in [-0.2, -0.15) is 0 Å².